The van der Waals surface area contributed by atoms with E-state index in [0.717, 1.165) is 6.07 Å². The summed E-state index contributed by atoms with van der Waals surface area (Å²) < 4.78 is 44.8. The number of carbonyl (C=O) groups excluding carboxylic acids is 2. The smallest absolute Gasteiger partial charge is 0.417 e. The number of primary amides is 1. The predicted octanol–water partition coefficient (Wildman–Crippen LogP) is 3.21. The van der Waals surface area contributed by atoms with E-state index in [4.69, 9.17) is 10.5 Å². The minimum absolute atomic E-state index is 0.0395. The third kappa shape index (κ3) is 5.21. The zero-order valence-corrected chi connectivity index (χ0v) is 15.4. The van der Waals surface area contributed by atoms with E-state index < -0.39 is 41.0 Å². The molecule has 0 radical (unpaired) electrons. The number of thiophene rings is 1. The maximum atomic E-state index is 13.4. The van der Waals surface area contributed by atoms with E-state index in [1.54, 1.807) is 17.5 Å². The molecule has 0 saturated heterocycles. The molecular weight excluding hydrogens is 403 g/mol. The summed E-state index contributed by atoms with van der Waals surface area (Å²) in [6, 6.07) is 5.56. The van der Waals surface area contributed by atoms with Gasteiger partial charge in [-0.2, -0.15) is 18.4 Å². The van der Waals surface area contributed by atoms with Crippen molar-refractivity contribution in [3.05, 3.63) is 34.7 Å². The van der Waals surface area contributed by atoms with Crippen LogP contribution in [-0.4, -0.2) is 28.7 Å². The zero-order valence-electron chi connectivity index (χ0n) is 13.7. The van der Waals surface area contributed by atoms with Crippen molar-refractivity contribution < 1.29 is 27.5 Å². The number of nitrogens with two attached hydrogens (primary N) is 1. The molecule has 1 amide bonds. The molecule has 11 heteroatoms. The van der Waals surface area contributed by atoms with E-state index >= 15 is 0 Å². The van der Waals surface area contributed by atoms with Crippen molar-refractivity contribution >= 4 is 35.0 Å². The molecule has 27 heavy (non-hydrogen) atoms. The van der Waals surface area contributed by atoms with Crippen LogP contribution in [0.4, 0.5) is 13.2 Å². The minimum Gasteiger partial charge on any atom is -0.452 e. The van der Waals surface area contributed by atoms with Gasteiger partial charge in [0.05, 0.1) is 27.5 Å². The average Bonchev–Trinajstić information content (AvgIpc) is 3.12. The Morgan fingerprint density at radius 2 is 2.19 bits per heavy atom. The summed E-state index contributed by atoms with van der Waals surface area (Å²) in [5, 5.41) is 10.6. The van der Waals surface area contributed by atoms with Crippen LogP contribution in [0.25, 0.3) is 10.6 Å². The number of alkyl halides is 3. The van der Waals surface area contributed by atoms with Crippen LogP contribution in [0.5, 0.6) is 0 Å². The van der Waals surface area contributed by atoms with Crippen LogP contribution in [-0.2, 0) is 20.5 Å². The summed E-state index contributed by atoms with van der Waals surface area (Å²) in [6.07, 6.45) is -5.94. The quantitative estimate of drug-likeness (QED) is 0.574. The Bertz CT molecular complexity index is 893. The van der Waals surface area contributed by atoms with Crippen LogP contribution in [0.15, 0.2) is 28.6 Å². The number of amides is 1. The lowest BCUT2D eigenvalue weighted by Gasteiger charge is -2.14. The first-order valence-corrected chi connectivity index (χ1v) is 9.17. The number of aromatic nitrogens is 1. The molecule has 2 N–H and O–H groups in total. The number of carbonyl (C=O) groups is 2. The largest absolute Gasteiger partial charge is 0.452 e. The Labute approximate surface area is 160 Å². The summed E-state index contributed by atoms with van der Waals surface area (Å²) in [5.74, 6) is -2.17. The molecule has 0 aliphatic rings. The van der Waals surface area contributed by atoms with Crippen LogP contribution in [0, 0.1) is 11.3 Å². The van der Waals surface area contributed by atoms with Crippen LogP contribution in [0.2, 0.25) is 0 Å². The highest BCUT2D eigenvalue weighted by Gasteiger charge is 2.36. The first-order chi connectivity index (χ1) is 12.6. The molecule has 0 bridgehead atoms. The zero-order chi connectivity index (χ0) is 20.2. The number of esters is 1. The number of halogens is 3. The minimum atomic E-state index is -4.77. The van der Waals surface area contributed by atoms with Gasteiger partial charge in [0.25, 0.3) is 5.91 Å². The average molecular weight is 415 g/mol. The van der Waals surface area contributed by atoms with E-state index in [1.807, 2.05) is 0 Å². The Morgan fingerprint density at radius 1 is 1.48 bits per heavy atom. The maximum Gasteiger partial charge on any atom is 0.417 e. The van der Waals surface area contributed by atoms with Crippen LogP contribution in [0.3, 0.4) is 0 Å². The molecule has 142 valence electrons. The number of nitriles is 1. The fourth-order valence-corrected chi connectivity index (χ4v) is 3.40. The number of pyridine rings is 1. The Hall–Kier alpha value is -2.58. The predicted molar refractivity (Wildman–Crippen MR) is 92.7 cm³/mol. The topological polar surface area (TPSA) is 106 Å². The number of nitrogens with zero attached hydrogens (tertiary/aromatic N) is 2. The number of rotatable bonds is 6. The number of hydrogen-bond donors (Lipinski definition) is 1. The second-order valence-electron chi connectivity index (χ2n) is 5.15. The fraction of sp³-hybridized carbons (Fsp3) is 0.250. The molecule has 2 aromatic rings. The molecule has 0 spiro atoms. The van der Waals surface area contributed by atoms with Gasteiger partial charge in [0.1, 0.15) is 11.1 Å². The van der Waals surface area contributed by atoms with Gasteiger partial charge in [0, 0.05) is 0 Å². The molecule has 0 saturated carbocycles. The summed E-state index contributed by atoms with van der Waals surface area (Å²) >= 11 is 1.81. The van der Waals surface area contributed by atoms with Gasteiger partial charge in [-0.3, -0.25) is 9.59 Å². The Balaban J connectivity index is 2.36. The van der Waals surface area contributed by atoms with E-state index in [9.17, 15) is 28.0 Å². The molecule has 2 aromatic heterocycles. The van der Waals surface area contributed by atoms with Crippen molar-refractivity contribution in [1.82, 2.24) is 4.98 Å². The molecule has 1 unspecified atom stereocenters. The van der Waals surface area contributed by atoms with Crippen molar-refractivity contribution in [2.24, 2.45) is 5.73 Å². The molecule has 2 heterocycles. The SMILES string of the molecule is CC(OC(=O)CSc1nc(-c2cccs2)cc(C(F)(F)F)c1C#N)C(N)=O. The van der Waals surface area contributed by atoms with Crippen molar-refractivity contribution in [3.63, 3.8) is 0 Å². The monoisotopic (exact) mass is 415 g/mol. The van der Waals surface area contributed by atoms with Crippen molar-refractivity contribution in [3.8, 4) is 16.6 Å². The van der Waals surface area contributed by atoms with Gasteiger partial charge in [0.15, 0.2) is 6.10 Å². The first kappa shape index (κ1) is 20.7. The normalized spacial score (nSPS) is 12.3. The fourth-order valence-electron chi connectivity index (χ4n) is 1.92. The second kappa shape index (κ2) is 8.41. The highest BCUT2D eigenvalue weighted by molar-refractivity contribution is 7.99. The Kier molecular flexibility index (Phi) is 6.45. The van der Waals surface area contributed by atoms with Crippen LogP contribution >= 0.6 is 23.1 Å². The standard InChI is InChI=1S/C16H12F3N3O3S2/c1-8(14(21)24)25-13(23)7-27-15-9(6-20)10(16(17,18)19)5-11(22-15)12-3-2-4-26-12/h2-5,8H,7H2,1H3,(H2,21,24). The summed E-state index contributed by atoms with van der Waals surface area (Å²) in [6.45, 7) is 1.27. The van der Waals surface area contributed by atoms with Crippen molar-refractivity contribution in [2.75, 3.05) is 5.75 Å². The van der Waals surface area contributed by atoms with Gasteiger partial charge in [-0.15, -0.1) is 11.3 Å². The van der Waals surface area contributed by atoms with Gasteiger partial charge in [-0.1, -0.05) is 17.8 Å². The van der Waals surface area contributed by atoms with Gasteiger partial charge in [-0.05, 0) is 24.4 Å². The number of hydrogen-bond acceptors (Lipinski definition) is 7. The summed E-state index contributed by atoms with van der Waals surface area (Å²) in [7, 11) is 0. The van der Waals surface area contributed by atoms with E-state index in [-0.39, 0.29) is 10.7 Å². The van der Waals surface area contributed by atoms with Gasteiger partial charge in [-0.25, -0.2) is 4.98 Å². The van der Waals surface area contributed by atoms with E-state index in [1.165, 1.54) is 24.3 Å². The molecule has 0 aliphatic carbocycles. The third-order valence-electron chi connectivity index (χ3n) is 3.21. The lowest BCUT2D eigenvalue weighted by Crippen LogP contribution is -2.31. The van der Waals surface area contributed by atoms with Crippen LogP contribution in [0.1, 0.15) is 18.1 Å². The molecule has 0 aliphatic heterocycles. The molecule has 0 aromatic carbocycles. The highest BCUT2D eigenvalue weighted by atomic mass is 32.2. The molecule has 2 rings (SSSR count). The number of thioether (sulfide) groups is 1. The highest BCUT2D eigenvalue weighted by Crippen LogP contribution is 2.38. The molecule has 1 atom stereocenters. The lowest BCUT2D eigenvalue weighted by molar-refractivity contribution is -0.151. The van der Waals surface area contributed by atoms with Crippen LogP contribution < -0.4 is 5.73 Å². The lowest BCUT2D eigenvalue weighted by atomic mass is 10.1. The summed E-state index contributed by atoms with van der Waals surface area (Å²) in [4.78, 5) is 27.2. The van der Waals surface area contributed by atoms with E-state index in [0.29, 0.717) is 16.6 Å². The first-order valence-electron chi connectivity index (χ1n) is 7.31. The molecular formula is C16H12F3N3O3S2. The van der Waals surface area contributed by atoms with E-state index in [2.05, 4.69) is 4.98 Å². The van der Waals surface area contributed by atoms with Crippen molar-refractivity contribution in [2.45, 2.75) is 24.2 Å². The van der Waals surface area contributed by atoms with Gasteiger partial charge < -0.3 is 10.5 Å². The maximum absolute atomic E-state index is 13.4. The summed E-state index contributed by atoms with van der Waals surface area (Å²) in [5.41, 5.74) is 3.20. The van der Waals surface area contributed by atoms with Gasteiger partial charge >= 0.3 is 12.1 Å². The number of ether oxygens (including phenoxy) is 1. The molecule has 6 nitrogen and oxygen atoms in total. The molecule has 0 fully saturated rings. The third-order valence-corrected chi connectivity index (χ3v) is 5.05. The second-order valence-corrected chi connectivity index (χ2v) is 7.06. The van der Waals surface area contributed by atoms with Gasteiger partial charge in [0.2, 0.25) is 0 Å². The van der Waals surface area contributed by atoms with Crippen molar-refractivity contribution in [1.29, 1.82) is 5.26 Å². The Morgan fingerprint density at radius 3 is 2.70 bits per heavy atom.